The molecule has 4 aliphatic rings. The van der Waals surface area contributed by atoms with Crippen molar-refractivity contribution >= 4 is 11.6 Å². The van der Waals surface area contributed by atoms with Gasteiger partial charge in [-0.2, -0.15) is 0 Å². The van der Waals surface area contributed by atoms with Gasteiger partial charge >= 0.3 is 0 Å². The number of carbonyl (C=O) groups excluding carboxylic acids is 2. The molecule has 5 rings (SSSR count). The summed E-state index contributed by atoms with van der Waals surface area (Å²) in [5, 5.41) is 0. The summed E-state index contributed by atoms with van der Waals surface area (Å²) in [5.74, 6) is -0.103. The largest absolute Gasteiger partial charge is 0.294 e. The molecule has 0 amide bonds. The number of rotatable bonds is 1. The molecule has 4 unspecified atom stereocenters. The minimum atomic E-state index is -0.336. The summed E-state index contributed by atoms with van der Waals surface area (Å²) < 4.78 is 0. The topological polar surface area (TPSA) is 34.1 Å². The third-order valence-electron chi connectivity index (χ3n) is 7.76. The summed E-state index contributed by atoms with van der Waals surface area (Å²) in [6.45, 7) is 2.35. The fourth-order valence-electron chi connectivity index (χ4n) is 6.82. The fraction of sp³-hybridized carbons (Fsp3) is 0.455. The molecule has 2 fully saturated rings. The zero-order valence-corrected chi connectivity index (χ0v) is 14.0. The Morgan fingerprint density at radius 3 is 2.29 bits per heavy atom. The second-order valence-corrected chi connectivity index (χ2v) is 8.24. The van der Waals surface area contributed by atoms with E-state index in [0.717, 1.165) is 19.3 Å². The fourth-order valence-corrected chi connectivity index (χ4v) is 6.82. The first kappa shape index (κ1) is 14.4. The van der Waals surface area contributed by atoms with Crippen LogP contribution >= 0.6 is 0 Å². The van der Waals surface area contributed by atoms with Crippen LogP contribution in [0.1, 0.15) is 38.2 Å². The van der Waals surface area contributed by atoms with E-state index in [1.165, 1.54) is 18.1 Å². The first-order valence-corrected chi connectivity index (χ1v) is 9.09. The van der Waals surface area contributed by atoms with Gasteiger partial charge < -0.3 is 0 Å². The molecule has 0 aromatic heterocycles. The Morgan fingerprint density at radius 2 is 1.54 bits per heavy atom. The molecule has 1 aromatic carbocycles. The third-order valence-corrected chi connectivity index (χ3v) is 7.76. The van der Waals surface area contributed by atoms with Gasteiger partial charge in [0.15, 0.2) is 11.6 Å². The number of hydrogen-bond acceptors (Lipinski definition) is 2. The van der Waals surface area contributed by atoms with Gasteiger partial charge in [-0.1, -0.05) is 62.2 Å². The standard InChI is InChI=1S/C22H22O2/c1-20-11-5-6-12-21(20)13-14-22(20,15-7-3-2-4-8-15)19-17(24)10-9-16(23)18(19)21/h2-4,7-10,13-14,18-19H,5-6,11-12H2,1H3/t18?,19?,20-,21?,22?/m0/s1. The van der Waals surface area contributed by atoms with Crippen LogP contribution in [0.25, 0.3) is 0 Å². The summed E-state index contributed by atoms with van der Waals surface area (Å²) in [4.78, 5) is 25.9. The molecule has 24 heavy (non-hydrogen) atoms. The maximum atomic E-state index is 13.0. The van der Waals surface area contributed by atoms with Gasteiger partial charge in [-0.3, -0.25) is 9.59 Å². The average Bonchev–Trinajstić information content (AvgIpc) is 3.00. The van der Waals surface area contributed by atoms with E-state index in [2.05, 4.69) is 43.3 Å². The van der Waals surface area contributed by atoms with E-state index in [4.69, 9.17) is 0 Å². The van der Waals surface area contributed by atoms with Crippen molar-refractivity contribution in [3.63, 3.8) is 0 Å². The monoisotopic (exact) mass is 318 g/mol. The molecule has 0 spiro atoms. The van der Waals surface area contributed by atoms with Gasteiger partial charge in [0.05, 0.1) is 0 Å². The highest BCUT2D eigenvalue weighted by Gasteiger charge is 2.78. The predicted molar refractivity (Wildman–Crippen MR) is 92.4 cm³/mol. The minimum absolute atomic E-state index is 0.0493. The third kappa shape index (κ3) is 1.29. The smallest absolute Gasteiger partial charge is 0.160 e. The van der Waals surface area contributed by atoms with E-state index in [1.807, 2.05) is 6.07 Å². The van der Waals surface area contributed by atoms with Gasteiger partial charge in [0, 0.05) is 22.7 Å². The number of benzene rings is 1. The van der Waals surface area contributed by atoms with Crippen LogP contribution in [-0.2, 0) is 15.0 Å². The summed E-state index contributed by atoms with van der Waals surface area (Å²) in [6, 6.07) is 10.4. The van der Waals surface area contributed by atoms with Crippen LogP contribution < -0.4 is 0 Å². The molecular formula is C22H22O2. The van der Waals surface area contributed by atoms with Gasteiger partial charge in [0.25, 0.3) is 0 Å². The van der Waals surface area contributed by atoms with Gasteiger partial charge in [-0.05, 0) is 36.0 Å². The second-order valence-electron chi connectivity index (χ2n) is 8.24. The van der Waals surface area contributed by atoms with E-state index >= 15 is 0 Å². The highest BCUT2D eigenvalue weighted by Crippen LogP contribution is 2.78. The summed E-state index contributed by atoms with van der Waals surface area (Å²) in [6.07, 6.45) is 12.2. The maximum Gasteiger partial charge on any atom is 0.160 e. The van der Waals surface area contributed by atoms with Crippen LogP contribution in [0.15, 0.2) is 54.6 Å². The lowest BCUT2D eigenvalue weighted by molar-refractivity contribution is -0.131. The van der Waals surface area contributed by atoms with Gasteiger partial charge in [0.2, 0.25) is 0 Å². The number of allylic oxidation sites excluding steroid dienone is 4. The van der Waals surface area contributed by atoms with Crippen molar-refractivity contribution in [2.24, 2.45) is 22.7 Å². The van der Waals surface area contributed by atoms with Gasteiger partial charge in [0.1, 0.15) is 0 Å². The molecule has 0 saturated heterocycles. The molecule has 5 atom stereocenters. The Labute approximate surface area is 142 Å². The van der Waals surface area contributed by atoms with E-state index in [1.54, 1.807) is 6.08 Å². The van der Waals surface area contributed by atoms with Crippen LogP contribution in [-0.4, -0.2) is 11.6 Å². The van der Waals surface area contributed by atoms with Crippen molar-refractivity contribution in [3.05, 3.63) is 60.2 Å². The van der Waals surface area contributed by atoms with E-state index < -0.39 is 0 Å². The molecule has 0 N–H and O–H groups in total. The Hall–Kier alpha value is -1.96. The molecule has 2 nitrogen and oxygen atoms in total. The maximum absolute atomic E-state index is 13.0. The second kappa shape index (κ2) is 4.36. The summed E-state index contributed by atoms with van der Waals surface area (Å²) in [5.41, 5.74) is 0.670. The Morgan fingerprint density at radius 1 is 0.875 bits per heavy atom. The number of carbonyl (C=O) groups is 2. The number of ketones is 2. The van der Waals surface area contributed by atoms with Gasteiger partial charge in [-0.25, -0.2) is 0 Å². The molecule has 4 aliphatic carbocycles. The summed E-state index contributed by atoms with van der Waals surface area (Å²) >= 11 is 0. The van der Waals surface area contributed by atoms with Crippen molar-refractivity contribution in [1.82, 2.24) is 0 Å². The van der Waals surface area contributed by atoms with Crippen molar-refractivity contribution in [1.29, 1.82) is 0 Å². The van der Waals surface area contributed by atoms with E-state index in [-0.39, 0.29) is 39.6 Å². The van der Waals surface area contributed by atoms with Crippen LogP contribution in [0.5, 0.6) is 0 Å². The molecular weight excluding hydrogens is 296 g/mol. The summed E-state index contributed by atoms with van der Waals surface area (Å²) in [7, 11) is 0. The molecule has 0 aliphatic heterocycles. The van der Waals surface area contributed by atoms with Crippen molar-refractivity contribution in [2.45, 2.75) is 38.0 Å². The Kier molecular flexibility index (Phi) is 2.61. The zero-order valence-electron chi connectivity index (χ0n) is 14.0. The number of hydrogen-bond donors (Lipinski definition) is 0. The highest BCUT2D eigenvalue weighted by molar-refractivity contribution is 6.10. The van der Waals surface area contributed by atoms with Crippen molar-refractivity contribution in [2.75, 3.05) is 0 Å². The SMILES string of the molecule is C[C@]12CCCCC13C=CC2(c1ccccc1)C1C(=O)C=CC(=O)C13. The predicted octanol–water partition coefficient (Wildman–Crippen LogP) is 4.01. The highest BCUT2D eigenvalue weighted by atomic mass is 16.1. The van der Waals surface area contributed by atoms with Crippen molar-refractivity contribution in [3.8, 4) is 0 Å². The first-order chi connectivity index (χ1) is 11.6. The molecule has 0 radical (unpaired) electrons. The normalized spacial score (nSPS) is 45.4. The Bertz CT molecular complexity index is 805. The molecule has 2 heteroatoms. The van der Waals surface area contributed by atoms with E-state index in [0.29, 0.717) is 0 Å². The van der Waals surface area contributed by atoms with Crippen LogP contribution in [0.3, 0.4) is 0 Å². The molecule has 2 bridgehead atoms. The number of fused-ring (bicyclic) bond motifs is 2. The lowest BCUT2D eigenvalue weighted by Gasteiger charge is -2.50. The Balaban J connectivity index is 1.85. The molecule has 2 saturated carbocycles. The lowest BCUT2D eigenvalue weighted by Crippen LogP contribution is -2.47. The first-order valence-electron chi connectivity index (χ1n) is 9.09. The molecule has 0 heterocycles. The van der Waals surface area contributed by atoms with Crippen LogP contribution in [0.2, 0.25) is 0 Å². The quantitative estimate of drug-likeness (QED) is 0.733. The average molecular weight is 318 g/mol. The van der Waals surface area contributed by atoms with Crippen LogP contribution in [0, 0.1) is 22.7 Å². The molecule has 1 aromatic rings. The van der Waals surface area contributed by atoms with E-state index in [9.17, 15) is 9.59 Å². The minimum Gasteiger partial charge on any atom is -0.294 e. The zero-order chi connectivity index (χ0) is 16.6. The van der Waals surface area contributed by atoms with Crippen molar-refractivity contribution < 1.29 is 9.59 Å². The molecule has 122 valence electrons. The lowest BCUT2D eigenvalue weighted by atomic mass is 9.52. The van der Waals surface area contributed by atoms with Gasteiger partial charge in [-0.15, -0.1) is 0 Å². The van der Waals surface area contributed by atoms with Crippen LogP contribution in [0.4, 0.5) is 0 Å².